The molecule has 35 heavy (non-hydrogen) atoms. The average molecular weight is 482 g/mol. The average Bonchev–Trinajstić information content (AvgIpc) is 3.29. The van der Waals surface area contributed by atoms with Gasteiger partial charge in [-0.3, -0.25) is 0 Å². The summed E-state index contributed by atoms with van der Waals surface area (Å²) in [5.74, 6) is -1.28. The Bertz CT molecular complexity index is 1080. The maximum atomic E-state index is 12.9. The first-order valence-electron chi connectivity index (χ1n) is 11.3. The Balaban J connectivity index is 1.37. The van der Waals surface area contributed by atoms with Crippen molar-refractivity contribution in [1.29, 1.82) is 0 Å². The van der Waals surface area contributed by atoms with Crippen LogP contribution >= 0.6 is 0 Å². The van der Waals surface area contributed by atoms with Gasteiger partial charge in [0, 0.05) is 24.8 Å². The van der Waals surface area contributed by atoms with Crippen LogP contribution in [0.15, 0.2) is 48.5 Å². The molecule has 0 spiro atoms. The Morgan fingerprint density at radius 3 is 2.11 bits per heavy atom. The minimum absolute atomic E-state index is 0.0196. The summed E-state index contributed by atoms with van der Waals surface area (Å²) in [5.41, 5.74) is 1.46. The van der Waals surface area contributed by atoms with E-state index in [9.17, 15) is 19.2 Å². The highest BCUT2D eigenvalue weighted by Gasteiger charge is 2.38. The maximum absolute atomic E-state index is 12.9. The molecule has 2 aliphatic heterocycles. The largest absolute Gasteiger partial charge is 0.465 e. The molecular weight excluding hydrogens is 454 g/mol. The lowest BCUT2D eigenvalue weighted by atomic mass is 10.0. The molecule has 0 aliphatic carbocycles. The number of amides is 3. The third-order valence-electron chi connectivity index (χ3n) is 6.23. The number of ether oxygens (including phenoxy) is 3. The van der Waals surface area contributed by atoms with E-state index in [1.807, 2.05) is 30.3 Å². The summed E-state index contributed by atoms with van der Waals surface area (Å²) in [7, 11) is 2.46. The predicted molar refractivity (Wildman–Crippen MR) is 125 cm³/mol. The Hall–Kier alpha value is -4.08. The third kappa shape index (κ3) is 5.37. The van der Waals surface area contributed by atoms with E-state index in [1.165, 1.54) is 32.4 Å². The highest BCUT2D eigenvalue weighted by Crippen LogP contribution is 2.30. The Labute approximate surface area is 202 Å². The van der Waals surface area contributed by atoms with Crippen LogP contribution in [0.1, 0.15) is 45.2 Å². The van der Waals surface area contributed by atoms with Crippen LogP contribution in [0, 0.1) is 0 Å². The Morgan fingerprint density at radius 2 is 1.54 bits per heavy atom. The first-order chi connectivity index (χ1) is 16.9. The SMILES string of the molecule is COC(=O)c1cc(NC(=O)N2CCC(N3CC(c4ccccc4)OC3=O)CC2)cc(C(=O)OC)c1. The fourth-order valence-electron chi connectivity index (χ4n) is 4.37. The van der Waals surface area contributed by atoms with Gasteiger partial charge in [-0.1, -0.05) is 30.3 Å². The number of carbonyl (C=O) groups is 4. The van der Waals surface area contributed by atoms with Crippen molar-refractivity contribution in [3.63, 3.8) is 0 Å². The number of esters is 2. The van der Waals surface area contributed by atoms with E-state index in [2.05, 4.69) is 5.32 Å². The fourth-order valence-corrected chi connectivity index (χ4v) is 4.37. The summed E-state index contributed by atoms with van der Waals surface area (Å²) >= 11 is 0. The normalized spacial score (nSPS) is 18.1. The van der Waals surface area contributed by atoms with Gasteiger partial charge in [-0.05, 0) is 36.6 Å². The number of urea groups is 1. The minimum Gasteiger partial charge on any atom is -0.465 e. The zero-order valence-electron chi connectivity index (χ0n) is 19.6. The number of hydrogen-bond acceptors (Lipinski definition) is 7. The number of methoxy groups -OCH3 is 2. The number of benzene rings is 2. The van der Waals surface area contributed by atoms with Crippen LogP contribution in [0.4, 0.5) is 15.3 Å². The van der Waals surface area contributed by atoms with Crippen LogP contribution in [0.25, 0.3) is 0 Å². The summed E-state index contributed by atoms with van der Waals surface area (Å²) < 4.78 is 15.0. The molecule has 4 rings (SSSR count). The van der Waals surface area contributed by atoms with E-state index in [0.717, 1.165) is 5.56 Å². The number of rotatable bonds is 5. The number of likely N-dealkylation sites (tertiary alicyclic amines) is 1. The van der Waals surface area contributed by atoms with Gasteiger partial charge < -0.3 is 29.3 Å². The molecule has 1 N–H and O–H groups in total. The zero-order valence-corrected chi connectivity index (χ0v) is 19.6. The Morgan fingerprint density at radius 1 is 0.943 bits per heavy atom. The molecule has 0 aromatic heterocycles. The third-order valence-corrected chi connectivity index (χ3v) is 6.23. The van der Waals surface area contributed by atoms with Gasteiger partial charge in [0.1, 0.15) is 6.10 Å². The summed E-state index contributed by atoms with van der Waals surface area (Å²) in [5, 5.41) is 2.74. The van der Waals surface area contributed by atoms with Gasteiger partial charge in [0.2, 0.25) is 0 Å². The molecule has 1 unspecified atom stereocenters. The number of piperidine rings is 1. The summed E-state index contributed by atoms with van der Waals surface area (Å²) in [4.78, 5) is 52.7. The molecule has 184 valence electrons. The molecule has 0 bridgehead atoms. The smallest absolute Gasteiger partial charge is 0.410 e. The van der Waals surface area contributed by atoms with E-state index in [0.29, 0.717) is 32.5 Å². The van der Waals surface area contributed by atoms with Gasteiger partial charge in [0.15, 0.2) is 0 Å². The maximum Gasteiger partial charge on any atom is 0.410 e. The highest BCUT2D eigenvalue weighted by atomic mass is 16.6. The van der Waals surface area contributed by atoms with Gasteiger partial charge in [-0.25, -0.2) is 19.2 Å². The van der Waals surface area contributed by atoms with E-state index < -0.39 is 11.9 Å². The van der Waals surface area contributed by atoms with Crippen LogP contribution in [0.3, 0.4) is 0 Å². The molecule has 2 aromatic carbocycles. The van der Waals surface area contributed by atoms with Crippen molar-refractivity contribution in [3.05, 3.63) is 65.2 Å². The van der Waals surface area contributed by atoms with E-state index in [1.54, 1.807) is 9.80 Å². The first-order valence-corrected chi connectivity index (χ1v) is 11.3. The van der Waals surface area contributed by atoms with Crippen LogP contribution in [-0.2, 0) is 14.2 Å². The van der Waals surface area contributed by atoms with Gasteiger partial charge in [-0.2, -0.15) is 0 Å². The van der Waals surface area contributed by atoms with Crippen LogP contribution < -0.4 is 5.32 Å². The summed E-state index contributed by atoms with van der Waals surface area (Å²) in [6.45, 7) is 1.37. The highest BCUT2D eigenvalue weighted by molar-refractivity contribution is 5.99. The van der Waals surface area contributed by atoms with Crippen molar-refractivity contribution in [2.24, 2.45) is 0 Å². The second-order valence-corrected chi connectivity index (χ2v) is 8.37. The minimum atomic E-state index is -0.640. The summed E-state index contributed by atoms with van der Waals surface area (Å²) in [6.07, 6.45) is 0.590. The number of cyclic esters (lactones) is 1. The van der Waals surface area contributed by atoms with Crippen molar-refractivity contribution in [2.75, 3.05) is 39.2 Å². The standard InChI is InChI=1S/C25H27N3O7/c1-33-22(29)17-12-18(23(30)34-2)14-19(13-17)26-24(31)27-10-8-20(9-11-27)28-15-21(35-25(28)32)16-6-4-3-5-7-16/h3-7,12-14,20-21H,8-11,15H2,1-2H3,(H,26,31). The lowest BCUT2D eigenvalue weighted by Crippen LogP contribution is -2.48. The van der Waals surface area contributed by atoms with E-state index in [4.69, 9.17) is 14.2 Å². The number of nitrogens with one attached hydrogen (secondary N) is 1. The number of nitrogens with zero attached hydrogens (tertiary/aromatic N) is 2. The van der Waals surface area contributed by atoms with Crippen molar-refractivity contribution in [1.82, 2.24) is 9.80 Å². The van der Waals surface area contributed by atoms with Crippen molar-refractivity contribution in [3.8, 4) is 0 Å². The summed E-state index contributed by atoms with van der Waals surface area (Å²) in [6, 6.07) is 13.5. The molecule has 2 saturated heterocycles. The molecule has 2 fully saturated rings. The quantitative estimate of drug-likeness (QED) is 0.514. The van der Waals surface area contributed by atoms with Gasteiger partial charge in [-0.15, -0.1) is 0 Å². The second kappa shape index (κ2) is 10.5. The van der Waals surface area contributed by atoms with Crippen molar-refractivity contribution in [2.45, 2.75) is 25.0 Å². The van der Waals surface area contributed by atoms with E-state index in [-0.39, 0.29) is 41.1 Å². The van der Waals surface area contributed by atoms with Crippen LogP contribution in [0.2, 0.25) is 0 Å². The molecule has 0 saturated carbocycles. The zero-order chi connectivity index (χ0) is 24.9. The lowest BCUT2D eigenvalue weighted by molar-refractivity contribution is 0.0599. The number of hydrogen-bond donors (Lipinski definition) is 1. The second-order valence-electron chi connectivity index (χ2n) is 8.37. The molecule has 10 heteroatoms. The molecule has 2 aromatic rings. The molecule has 10 nitrogen and oxygen atoms in total. The first kappa shape index (κ1) is 24.1. The number of anilines is 1. The molecule has 1 atom stereocenters. The van der Waals surface area contributed by atoms with Crippen LogP contribution in [0.5, 0.6) is 0 Å². The molecule has 2 aliphatic rings. The monoisotopic (exact) mass is 481 g/mol. The molecule has 0 radical (unpaired) electrons. The van der Waals surface area contributed by atoms with Gasteiger partial charge >= 0.3 is 24.1 Å². The Kier molecular flexibility index (Phi) is 7.19. The van der Waals surface area contributed by atoms with Gasteiger partial charge in [0.25, 0.3) is 0 Å². The number of carbonyl (C=O) groups excluding carboxylic acids is 4. The fraction of sp³-hybridized carbons (Fsp3) is 0.360. The van der Waals surface area contributed by atoms with Crippen molar-refractivity contribution >= 4 is 29.8 Å². The van der Waals surface area contributed by atoms with Gasteiger partial charge in [0.05, 0.1) is 31.9 Å². The van der Waals surface area contributed by atoms with E-state index >= 15 is 0 Å². The molecule has 2 heterocycles. The molecular formula is C25H27N3O7. The predicted octanol–water partition coefficient (Wildman–Crippen LogP) is 3.45. The topological polar surface area (TPSA) is 114 Å². The molecule has 3 amide bonds. The van der Waals surface area contributed by atoms with Crippen molar-refractivity contribution < 1.29 is 33.4 Å². The van der Waals surface area contributed by atoms with Crippen LogP contribution in [-0.4, -0.2) is 73.8 Å². The lowest BCUT2D eigenvalue weighted by Gasteiger charge is -2.35.